The molecule has 0 spiro atoms. The SMILES string of the molecule is CCOC(=O)c1sc(N2C(=O)C(=O)C(=C(O)c3ccc4c(c3)C[C@@H](C)O4)[C@H]2c2cccc(OCC)c2)nc1C. The van der Waals surface area contributed by atoms with Crippen molar-refractivity contribution in [1.82, 2.24) is 4.98 Å². The van der Waals surface area contributed by atoms with E-state index in [1.165, 1.54) is 4.90 Å². The minimum Gasteiger partial charge on any atom is -0.507 e. The zero-order chi connectivity index (χ0) is 27.8. The minimum atomic E-state index is -1.01. The van der Waals surface area contributed by atoms with Crippen molar-refractivity contribution in [2.45, 2.75) is 46.3 Å². The van der Waals surface area contributed by atoms with Gasteiger partial charge in [-0.1, -0.05) is 23.5 Å². The van der Waals surface area contributed by atoms with Crippen molar-refractivity contribution in [3.63, 3.8) is 0 Å². The molecule has 3 aromatic rings. The average molecular weight is 549 g/mol. The topological polar surface area (TPSA) is 115 Å². The molecule has 1 N–H and O–H groups in total. The quantitative estimate of drug-likeness (QED) is 0.190. The number of hydrogen-bond acceptors (Lipinski definition) is 9. The number of aliphatic hydroxyl groups excluding tert-OH is 1. The molecule has 0 unspecified atom stereocenters. The number of carbonyl (C=O) groups is 3. The molecule has 1 fully saturated rings. The van der Waals surface area contributed by atoms with Crippen molar-refractivity contribution >= 4 is 39.9 Å². The van der Waals surface area contributed by atoms with Gasteiger partial charge >= 0.3 is 11.9 Å². The number of rotatable bonds is 7. The Morgan fingerprint density at radius 2 is 1.97 bits per heavy atom. The third-order valence-corrected chi connectivity index (χ3v) is 7.69. The second-order valence-electron chi connectivity index (χ2n) is 9.26. The molecule has 39 heavy (non-hydrogen) atoms. The number of ketones is 1. The number of esters is 1. The smallest absolute Gasteiger partial charge is 0.350 e. The average Bonchev–Trinajstić information content (AvgIpc) is 3.56. The Bertz CT molecular complexity index is 1510. The van der Waals surface area contributed by atoms with Crippen molar-refractivity contribution in [2.75, 3.05) is 18.1 Å². The predicted octanol–water partition coefficient (Wildman–Crippen LogP) is 4.98. The van der Waals surface area contributed by atoms with Gasteiger partial charge in [0.2, 0.25) is 0 Å². The van der Waals surface area contributed by atoms with Crippen LogP contribution in [0.4, 0.5) is 5.13 Å². The fourth-order valence-corrected chi connectivity index (χ4v) is 5.87. The van der Waals surface area contributed by atoms with E-state index in [-0.39, 0.29) is 34.1 Å². The van der Waals surface area contributed by atoms with Crippen molar-refractivity contribution in [3.05, 3.63) is 75.3 Å². The Balaban J connectivity index is 1.67. The van der Waals surface area contributed by atoms with Gasteiger partial charge in [0.15, 0.2) is 5.13 Å². The van der Waals surface area contributed by atoms with Crippen LogP contribution >= 0.6 is 11.3 Å². The van der Waals surface area contributed by atoms with Crippen LogP contribution in [-0.4, -0.2) is 47.1 Å². The molecule has 1 saturated heterocycles. The van der Waals surface area contributed by atoms with Crippen molar-refractivity contribution in [2.24, 2.45) is 0 Å². The van der Waals surface area contributed by atoms with Gasteiger partial charge in [0.05, 0.1) is 30.5 Å². The van der Waals surface area contributed by atoms with E-state index < -0.39 is 23.7 Å². The molecular weight excluding hydrogens is 520 g/mol. The lowest BCUT2D eigenvalue weighted by Crippen LogP contribution is -2.29. The Morgan fingerprint density at radius 1 is 1.18 bits per heavy atom. The lowest BCUT2D eigenvalue weighted by Gasteiger charge is -2.23. The third-order valence-electron chi connectivity index (χ3n) is 6.55. The lowest BCUT2D eigenvalue weighted by molar-refractivity contribution is -0.132. The van der Waals surface area contributed by atoms with Crippen LogP contribution in [-0.2, 0) is 20.7 Å². The number of hydrogen-bond donors (Lipinski definition) is 1. The number of nitrogens with zero attached hydrogens (tertiary/aromatic N) is 2. The number of amides is 1. The maximum Gasteiger partial charge on any atom is 0.350 e. The van der Waals surface area contributed by atoms with Crippen LogP contribution in [0.2, 0.25) is 0 Å². The molecule has 2 aliphatic rings. The van der Waals surface area contributed by atoms with Gasteiger partial charge in [0, 0.05) is 12.0 Å². The Morgan fingerprint density at radius 3 is 2.72 bits per heavy atom. The second kappa shape index (κ2) is 10.5. The Kier molecular flexibility index (Phi) is 7.14. The number of aromatic nitrogens is 1. The first-order valence-corrected chi connectivity index (χ1v) is 13.5. The molecule has 2 aliphatic heterocycles. The van der Waals surface area contributed by atoms with E-state index in [9.17, 15) is 19.5 Å². The van der Waals surface area contributed by atoms with Crippen LogP contribution in [0.5, 0.6) is 11.5 Å². The molecule has 0 radical (unpaired) electrons. The molecule has 10 heteroatoms. The fraction of sp³-hybridized carbons (Fsp3) is 0.310. The molecule has 5 rings (SSSR count). The molecule has 3 heterocycles. The monoisotopic (exact) mass is 548 g/mol. The summed E-state index contributed by atoms with van der Waals surface area (Å²) in [4.78, 5) is 45.5. The first-order valence-electron chi connectivity index (χ1n) is 12.7. The highest BCUT2D eigenvalue weighted by atomic mass is 32.1. The molecule has 1 amide bonds. The Hall–Kier alpha value is -4.18. The number of aliphatic hydroxyl groups is 1. The van der Waals surface area contributed by atoms with Gasteiger partial charge in [0.25, 0.3) is 5.78 Å². The summed E-state index contributed by atoms with van der Waals surface area (Å²) in [7, 11) is 0. The number of aryl methyl sites for hydroxylation is 1. The van der Waals surface area contributed by atoms with E-state index in [0.717, 1.165) is 22.6 Å². The zero-order valence-electron chi connectivity index (χ0n) is 22.0. The maximum absolute atomic E-state index is 13.5. The number of carbonyl (C=O) groups excluding carboxylic acids is 3. The summed E-state index contributed by atoms with van der Waals surface area (Å²) in [6.07, 6.45) is 0.672. The number of Topliss-reactive ketones (excluding diaryl/α,β-unsaturated/α-hetero) is 1. The number of ether oxygens (including phenoxy) is 3. The van der Waals surface area contributed by atoms with E-state index in [2.05, 4.69) is 4.98 Å². The highest BCUT2D eigenvalue weighted by Crippen LogP contribution is 2.45. The van der Waals surface area contributed by atoms with Gasteiger partial charge in [-0.15, -0.1) is 0 Å². The van der Waals surface area contributed by atoms with Gasteiger partial charge in [-0.25, -0.2) is 9.78 Å². The summed E-state index contributed by atoms with van der Waals surface area (Å²) < 4.78 is 16.6. The standard InChI is InChI=1S/C29H28N2O7S/c1-5-36-20-9-7-8-17(14-20)23-22(24(32)18-10-11-21-19(13-18)12-15(3)38-21)25(33)27(34)31(23)29-30-16(4)26(39-29)28(35)37-6-2/h7-11,13-15,23,32H,5-6,12H2,1-4H3/t15-,23-/m1/s1. The van der Waals surface area contributed by atoms with Gasteiger partial charge in [-0.3, -0.25) is 14.5 Å². The first kappa shape index (κ1) is 26.4. The second-order valence-corrected chi connectivity index (χ2v) is 10.2. The molecule has 202 valence electrons. The van der Waals surface area contributed by atoms with Gasteiger partial charge in [-0.2, -0.15) is 0 Å². The van der Waals surface area contributed by atoms with E-state index in [0.29, 0.717) is 35.6 Å². The van der Waals surface area contributed by atoms with Crippen molar-refractivity contribution in [1.29, 1.82) is 0 Å². The van der Waals surface area contributed by atoms with E-state index >= 15 is 0 Å². The summed E-state index contributed by atoms with van der Waals surface area (Å²) in [6.45, 7) is 7.76. The molecule has 0 saturated carbocycles. The molecule has 0 aliphatic carbocycles. The first-order chi connectivity index (χ1) is 18.7. The predicted molar refractivity (Wildman–Crippen MR) is 145 cm³/mol. The van der Waals surface area contributed by atoms with E-state index in [1.807, 2.05) is 13.8 Å². The van der Waals surface area contributed by atoms with E-state index in [4.69, 9.17) is 14.2 Å². The number of benzene rings is 2. The van der Waals surface area contributed by atoms with Crippen LogP contribution in [0, 0.1) is 6.92 Å². The number of anilines is 1. The Labute approximate surface area is 229 Å². The molecule has 2 atom stereocenters. The van der Waals surface area contributed by atoms with Gasteiger partial charge in [0.1, 0.15) is 28.2 Å². The molecule has 2 aromatic carbocycles. The summed E-state index contributed by atoms with van der Waals surface area (Å²) >= 11 is 0.965. The van der Waals surface area contributed by atoms with Crippen LogP contribution in [0.1, 0.15) is 58.9 Å². The minimum absolute atomic E-state index is 0.00557. The largest absolute Gasteiger partial charge is 0.507 e. The third kappa shape index (κ3) is 4.76. The molecule has 0 bridgehead atoms. The zero-order valence-corrected chi connectivity index (χ0v) is 22.8. The molecule has 9 nitrogen and oxygen atoms in total. The molecule has 1 aromatic heterocycles. The number of fused-ring (bicyclic) bond motifs is 1. The van der Waals surface area contributed by atoms with Crippen LogP contribution < -0.4 is 14.4 Å². The maximum atomic E-state index is 13.5. The summed E-state index contributed by atoms with van der Waals surface area (Å²) in [5, 5.41) is 11.7. The van der Waals surface area contributed by atoms with E-state index in [1.54, 1.807) is 56.3 Å². The highest BCUT2D eigenvalue weighted by molar-refractivity contribution is 7.17. The van der Waals surface area contributed by atoms with Crippen LogP contribution in [0.3, 0.4) is 0 Å². The van der Waals surface area contributed by atoms with Gasteiger partial charge in [-0.05, 0) is 69.2 Å². The fourth-order valence-electron chi connectivity index (χ4n) is 4.88. The molecular formula is C29H28N2O7S. The van der Waals surface area contributed by atoms with Crippen molar-refractivity contribution < 1.29 is 33.7 Å². The normalized spacial score (nSPS) is 19.6. The van der Waals surface area contributed by atoms with Gasteiger partial charge < -0.3 is 19.3 Å². The summed E-state index contributed by atoms with van der Waals surface area (Å²) in [5.41, 5.74) is 2.16. The van der Waals surface area contributed by atoms with Crippen molar-refractivity contribution in [3.8, 4) is 11.5 Å². The number of thiazole rings is 1. The van der Waals surface area contributed by atoms with Crippen LogP contribution in [0.15, 0.2) is 48.0 Å². The summed E-state index contributed by atoms with van der Waals surface area (Å²) in [5.74, 6) is -1.29. The highest BCUT2D eigenvalue weighted by Gasteiger charge is 2.48. The van der Waals surface area contributed by atoms with Crippen LogP contribution in [0.25, 0.3) is 5.76 Å². The lowest BCUT2D eigenvalue weighted by atomic mass is 9.94. The summed E-state index contributed by atoms with van der Waals surface area (Å²) in [6, 6.07) is 11.2.